The minimum absolute atomic E-state index is 0.0165. The third-order valence-electron chi connectivity index (χ3n) is 1.51. The second-order valence-electron chi connectivity index (χ2n) is 2.40. The van der Waals surface area contributed by atoms with E-state index in [0.717, 1.165) is 11.8 Å². The molecule has 6 heteroatoms. The average Bonchev–Trinajstić information content (AvgIpc) is 2.61. The van der Waals surface area contributed by atoms with E-state index < -0.39 is 5.97 Å². The molecule has 0 atom stereocenters. The van der Waals surface area contributed by atoms with Crippen molar-refractivity contribution in [3.8, 4) is 0 Å². The number of methoxy groups -OCH3 is 1. The fraction of sp³-hybridized carbons (Fsp3) is 0.250. The highest BCUT2D eigenvalue weighted by atomic mass is 32.2. The monoisotopic (exact) mass is 214 g/mol. The third kappa shape index (κ3) is 2.53. The minimum Gasteiger partial charge on any atom is -0.468 e. The van der Waals surface area contributed by atoms with Crippen molar-refractivity contribution in [3.05, 3.63) is 23.7 Å². The number of amidine groups is 1. The molecule has 0 aliphatic carbocycles. The van der Waals surface area contributed by atoms with Crippen LogP contribution in [-0.4, -0.2) is 18.2 Å². The maximum Gasteiger partial charge on any atom is 0.341 e. The average molecular weight is 214 g/mol. The Labute approximate surface area is 85.1 Å². The molecular weight excluding hydrogens is 204 g/mol. The van der Waals surface area contributed by atoms with E-state index in [-0.39, 0.29) is 5.17 Å². The van der Waals surface area contributed by atoms with Gasteiger partial charge < -0.3 is 14.9 Å². The van der Waals surface area contributed by atoms with Gasteiger partial charge in [-0.1, -0.05) is 11.8 Å². The Morgan fingerprint density at radius 3 is 3.07 bits per heavy atom. The number of carbonyl (C=O) groups is 1. The van der Waals surface area contributed by atoms with Crippen LogP contribution in [0.25, 0.3) is 0 Å². The van der Waals surface area contributed by atoms with E-state index in [0.29, 0.717) is 17.1 Å². The van der Waals surface area contributed by atoms with Crippen molar-refractivity contribution in [1.29, 1.82) is 5.41 Å². The molecule has 0 amide bonds. The zero-order chi connectivity index (χ0) is 10.6. The van der Waals surface area contributed by atoms with Crippen LogP contribution in [0.1, 0.15) is 16.1 Å². The molecule has 0 radical (unpaired) electrons. The summed E-state index contributed by atoms with van der Waals surface area (Å²) in [5, 5.41) is 6.99. The Morgan fingerprint density at radius 1 is 1.79 bits per heavy atom. The van der Waals surface area contributed by atoms with E-state index in [2.05, 4.69) is 4.74 Å². The van der Waals surface area contributed by atoms with Crippen molar-refractivity contribution in [1.82, 2.24) is 0 Å². The summed E-state index contributed by atoms with van der Waals surface area (Å²) in [7, 11) is 1.30. The molecule has 0 bridgehead atoms. The Kier molecular flexibility index (Phi) is 3.58. The summed E-state index contributed by atoms with van der Waals surface area (Å²) in [5.74, 6) is 0.377. The number of carbonyl (C=O) groups excluding carboxylic acids is 1. The molecule has 0 fully saturated rings. The smallest absolute Gasteiger partial charge is 0.341 e. The molecular formula is C8H10N2O3S. The van der Waals surface area contributed by atoms with Crippen LogP contribution < -0.4 is 5.73 Å². The summed E-state index contributed by atoms with van der Waals surface area (Å²) in [6, 6.07) is 1.53. The molecule has 0 aliphatic rings. The summed E-state index contributed by atoms with van der Waals surface area (Å²) < 4.78 is 9.61. The lowest BCUT2D eigenvalue weighted by Crippen LogP contribution is -2.06. The van der Waals surface area contributed by atoms with Crippen LogP contribution in [0.4, 0.5) is 0 Å². The topological polar surface area (TPSA) is 89.3 Å². The van der Waals surface area contributed by atoms with Crippen LogP contribution in [0.3, 0.4) is 0 Å². The molecule has 0 aromatic carbocycles. The first-order valence-electron chi connectivity index (χ1n) is 3.76. The molecule has 0 unspecified atom stereocenters. The molecule has 3 N–H and O–H groups in total. The molecule has 76 valence electrons. The summed E-state index contributed by atoms with van der Waals surface area (Å²) in [6.07, 6.45) is 1.41. The molecule has 0 saturated carbocycles. The third-order valence-corrected chi connectivity index (χ3v) is 2.23. The lowest BCUT2D eigenvalue weighted by Gasteiger charge is -1.99. The molecule has 1 heterocycles. The number of nitrogens with two attached hydrogens (primary N) is 1. The van der Waals surface area contributed by atoms with Gasteiger partial charge in [-0.05, 0) is 6.07 Å². The van der Waals surface area contributed by atoms with Gasteiger partial charge in [-0.2, -0.15) is 0 Å². The maximum atomic E-state index is 11.2. The zero-order valence-corrected chi connectivity index (χ0v) is 8.39. The Bertz CT molecular complexity index is 348. The Morgan fingerprint density at radius 2 is 2.50 bits per heavy atom. The number of rotatable bonds is 3. The van der Waals surface area contributed by atoms with Crippen molar-refractivity contribution >= 4 is 22.9 Å². The highest BCUT2D eigenvalue weighted by Crippen LogP contribution is 2.18. The molecule has 1 aromatic heterocycles. The number of nitrogens with one attached hydrogen (secondary N) is 1. The highest BCUT2D eigenvalue weighted by molar-refractivity contribution is 8.13. The van der Waals surface area contributed by atoms with Gasteiger partial charge >= 0.3 is 5.97 Å². The Balaban J connectivity index is 2.72. The van der Waals surface area contributed by atoms with Crippen LogP contribution in [0, 0.1) is 5.41 Å². The van der Waals surface area contributed by atoms with Crippen molar-refractivity contribution in [2.24, 2.45) is 5.73 Å². The standard InChI is InChI=1S/C8H10N2O3S/c1-12-7(11)5-2-3-13-6(5)4-14-8(9)10/h2-3H,4H2,1H3,(H3,9,10). The predicted octanol–water partition coefficient (Wildman–Crippen LogP) is 1.19. The van der Waals surface area contributed by atoms with Gasteiger partial charge in [0.1, 0.15) is 11.3 Å². The fourth-order valence-electron chi connectivity index (χ4n) is 0.888. The maximum absolute atomic E-state index is 11.2. The van der Waals surface area contributed by atoms with E-state index in [1.54, 1.807) is 0 Å². The summed E-state index contributed by atoms with van der Waals surface area (Å²) in [4.78, 5) is 11.2. The molecule has 5 nitrogen and oxygen atoms in total. The normalized spacial score (nSPS) is 9.79. The molecule has 0 saturated heterocycles. The number of furan rings is 1. The van der Waals surface area contributed by atoms with Crippen molar-refractivity contribution < 1.29 is 13.9 Å². The van der Waals surface area contributed by atoms with Crippen molar-refractivity contribution in [2.45, 2.75) is 5.75 Å². The summed E-state index contributed by atoms with van der Waals surface area (Å²) in [5.41, 5.74) is 5.53. The van der Waals surface area contributed by atoms with E-state index in [9.17, 15) is 4.79 Å². The molecule has 0 spiro atoms. The second-order valence-corrected chi connectivity index (χ2v) is 3.42. The van der Waals surface area contributed by atoms with Gasteiger partial charge in [0.05, 0.1) is 19.1 Å². The number of esters is 1. The van der Waals surface area contributed by atoms with E-state index >= 15 is 0 Å². The van der Waals surface area contributed by atoms with Gasteiger partial charge in [-0.15, -0.1) is 0 Å². The number of hydrogen-bond acceptors (Lipinski definition) is 5. The lowest BCUT2D eigenvalue weighted by atomic mass is 10.3. The minimum atomic E-state index is -0.446. The highest BCUT2D eigenvalue weighted by Gasteiger charge is 2.14. The van der Waals surface area contributed by atoms with Gasteiger partial charge in [0, 0.05) is 0 Å². The number of hydrogen-bond donors (Lipinski definition) is 2. The molecule has 1 rings (SSSR count). The van der Waals surface area contributed by atoms with Gasteiger partial charge in [-0.3, -0.25) is 5.41 Å². The van der Waals surface area contributed by atoms with Crippen LogP contribution in [0.15, 0.2) is 16.7 Å². The first-order chi connectivity index (χ1) is 6.65. The lowest BCUT2D eigenvalue weighted by molar-refractivity contribution is 0.0598. The summed E-state index contributed by atoms with van der Waals surface area (Å²) in [6.45, 7) is 0. The molecule has 14 heavy (non-hydrogen) atoms. The van der Waals surface area contributed by atoms with Gasteiger partial charge in [-0.25, -0.2) is 4.79 Å². The fourth-order valence-corrected chi connectivity index (χ4v) is 1.40. The second kappa shape index (κ2) is 4.71. The predicted molar refractivity (Wildman–Crippen MR) is 53.3 cm³/mol. The van der Waals surface area contributed by atoms with E-state index in [1.165, 1.54) is 19.4 Å². The van der Waals surface area contributed by atoms with Crippen LogP contribution >= 0.6 is 11.8 Å². The van der Waals surface area contributed by atoms with E-state index in [4.69, 9.17) is 15.6 Å². The van der Waals surface area contributed by atoms with Crippen LogP contribution in [0.2, 0.25) is 0 Å². The number of thioether (sulfide) groups is 1. The van der Waals surface area contributed by atoms with Crippen molar-refractivity contribution in [2.75, 3.05) is 7.11 Å². The van der Waals surface area contributed by atoms with Gasteiger partial charge in [0.2, 0.25) is 0 Å². The first-order valence-corrected chi connectivity index (χ1v) is 4.75. The molecule has 1 aromatic rings. The van der Waals surface area contributed by atoms with Crippen LogP contribution in [-0.2, 0) is 10.5 Å². The van der Waals surface area contributed by atoms with Crippen molar-refractivity contribution in [3.63, 3.8) is 0 Å². The van der Waals surface area contributed by atoms with Gasteiger partial charge in [0.25, 0.3) is 0 Å². The van der Waals surface area contributed by atoms with E-state index in [1.807, 2.05) is 0 Å². The summed E-state index contributed by atoms with van der Waals surface area (Å²) >= 11 is 1.09. The SMILES string of the molecule is COC(=O)c1ccoc1CSC(=N)N. The number of ether oxygens (including phenoxy) is 1. The molecule has 0 aliphatic heterocycles. The van der Waals surface area contributed by atoms with Gasteiger partial charge in [0.15, 0.2) is 5.17 Å². The van der Waals surface area contributed by atoms with Crippen LogP contribution in [0.5, 0.6) is 0 Å². The quantitative estimate of drug-likeness (QED) is 0.448. The first kappa shape index (κ1) is 10.6. The zero-order valence-electron chi connectivity index (χ0n) is 7.57. The Hall–Kier alpha value is -1.43. The largest absolute Gasteiger partial charge is 0.468 e.